The van der Waals surface area contributed by atoms with Crippen molar-refractivity contribution >= 4 is 11.9 Å². The molecule has 1 aromatic carbocycles. The number of carbonyl (C=O) groups is 2. The van der Waals surface area contributed by atoms with Gasteiger partial charge in [-0.05, 0) is 17.7 Å². The molecule has 1 aromatic rings. The molecular weight excluding hydrogens is 354 g/mol. The van der Waals surface area contributed by atoms with Crippen LogP contribution >= 0.6 is 0 Å². The Kier molecular flexibility index (Phi) is 7.58. The van der Waals surface area contributed by atoms with Gasteiger partial charge in [0.25, 0.3) is 0 Å². The monoisotopic (exact) mass is 381 g/mol. The Morgan fingerprint density at radius 2 is 2.07 bits per heavy atom. The summed E-state index contributed by atoms with van der Waals surface area (Å²) in [7, 11) is 0. The molecule has 2 rings (SSSR count). The van der Waals surface area contributed by atoms with E-state index in [1.165, 1.54) is 6.92 Å². The summed E-state index contributed by atoms with van der Waals surface area (Å²) in [6, 6.07) is 5.61. The standard InChI is InChI=1S/C19H27NO7/c1-11(2)20-9-14-6-13(10-25-12(3)21)4-5-16(14)26-18-8-15(22)7-17(27-18)19(23)24/h4-6,11,15,17-18,20,22H,7-10H2,1-3H3,(H,23,24). The molecule has 8 heteroatoms. The van der Waals surface area contributed by atoms with Crippen LogP contribution in [0.25, 0.3) is 0 Å². The predicted octanol–water partition coefficient (Wildman–Crippen LogP) is 1.58. The molecule has 1 aliphatic rings. The lowest BCUT2D eigenvalue weighted by Crippen LogP contribution is -2.42. The Balaban J connectivity index is 2.15. The highest BCUT2D eigenvalue weighted by Crippen LogP contribution is 2.27. The van der Waals surface area contributed by atoms with Crippen molar-refractivity contribution in [1.82, 2.24) is 5.32 Å². The average Bonchev–Trinajstić information content (AvgIpc) is 2.58. The highest BCUT2D eigenvalue weighted by molar-refractivity contribution is 5.72. The van der Waals surface area contributed by atoms with Crippen molar-refractivity contribution in [2.24, 2.45) is 0 Å². The van der Waals surface area contributed by atoms with Gasteiger partial charge in [-0.25, -0.2) is 4.79 Å². The molecule has 0 radical (unpaired) electrons. The Labute approximate surface area is 158 Å². The van der Waals surface area contributed by atoms with Crippen LogP contribution in [0.1, 0.15) is 44.7 Å². The second-order valence-corrected chi connectivity index (χ2v) is 6.89. The zero-order chi connectivity index (χ0) is 20.0. The van der Waals surface area contributed by atoms with Crippen LogP contribution in [-0.2, 0) is 32.2 Å². The van der Waals surface area contributed by atoms with Crippen LogP contribution in [0, 0.1) is 0 Å². The van der Waals surface area contributed by atoms with Crippen LogP contribution in [0.15, 0.2) is 18.2 Å². The molecule has 8 nitrogen and oxygen atoms in total. The first-order chi connectivity index (χ1) is 12.7. The summed E-state index contributed by atoms with van der Waals surface area (Å²) in [6.07, 6.45) is -2.52. The molecule has 0 amide bonds. The smallest absolute Gasteiger partial charge is 0.333 e. The molecular formula is C19H27NO7. The van der Waals surface area contributed by atoms with Gasteiger partial charge in [-0.3, -0.25) is 4.79 Å². The maximum Gasteiger partial charge on any atom is 0.333 e. The minimum absolute atomic E-state index is 0.0400. The molecule has 0 aliphatic carbocycles. The zero-order valence-electron chi connectivity index (χ0n) is 15.8. The van der Waals surface area contributed by atoms with Crippen LogP contribution < -0.4 is 10.1 Å². The summed E-state index contributed by atoms with van der Waals surface area (Å²) >= 11 is 0. The maximum atomic E-state index is 11.2. The summed E-state index contributed by atoms with van der Waals surface area (Å²) in [6.45, 7) is 6.05. The van der Waals surface area contributed by atoms with E-state index >= 15 is 0 Å². The average molecular weight is 381 g/mol. The van der Waals surface area contributed by atoms with E-state index < -0.39 is 24.5 Å². The molecule has 3 unspecified atom stereocenters. The summed E-state index contributed by atoms with van der Waals surface area (Å²) in [5, 5.41) is 22.3. The summed E-state index contributed by atoms with van der Waals surface area (Å²) in [5.41, 5.74) is 1.63. The SMILES string of the molecule is CC(=O)OCc1ccc(OC2CC(O)CC(C(=O)O)O2)c(CNC(C)C)c1. The quantitative estimate of drug-likeness (QED) is 0.582. The van der Waals surface area contributed by atoms with Crippen LogP contribution in [0.4, 0.5) is 0 Å². The Morgan fingerprint density at radius 3 is 2.70 bits per heavy atom. The molecule has 3 atom stereocenters. The number of aliphatic hydroxyl groups excluding tert-OH is 1. The third-order valence-electron chi connectivity index (χ3n) is 4.07. The van der Waals surface area contributed by atoms with Gasteiger partial charge in [-0.15, -0.1) is 0 Å². The normalized spacial score (nSPS) is 22.5. The Bertz CT molecular complexity index is 661. The van der Waals surface area contributed by atoms with E-state index in [0.29, 0.717) is 12.3 Å². The van der Waals surface area contributed by atoms with Crippen molar-refractivity contribution in [1.29, 1.82) is 0 Å². The summed E-state index contributed by atoms with van der Waals surface area (Å²) in [5.74, 6) is -0.958. The number of carbonyl (C=O) groups excluding carboxylic acids is 1. The maximum absolute atomic E-state index is 11.2. The van der Waals surface area contributed by atoms with E-state index in [1.54, 1.807) is 12.1 Å². The number of rotatable bonds is 8. The molecule has 1 fully saturated rings. The number of hydrogen-bond donors (Lipinski definition) is 3. The molecule has 3 N–H and O–H groups in total. The van der Waals surface area contributed by atoms with E-state index in [0.717, 1.165) is 11.1 Å². The van der Waals surface area contributed by atoms with Gasteiger partial charge in [0.1, 0.15) is 12.4 Å². The first-order valence-electron chi connectivity index (χ1n) is 8.96. The molecule has 0 saturated carbocycles. The predicted molar refractivity (Wildman–Crippen MR) is 96.1 cm³/mol. The van der Waals surface area contributed by atoms with E-state index in [4.69, 9.17) is 19.3 Å². The molecule has 1 saturated heterocycles. The minimum atomic E-state index is -1.12. The van der Waals surface area contributed by atoms with Crippen molar-refractivity contribution in [2.45, 2.75) is 71.3 Å². The lowest BCUT2D eigenvalue weighted by molar-refractivity contribution is -0.195. The van der Waals surface area contributed by atoms with Gasteiger partial charge in [-0.2, -0.15) is 0 Å². The summed E-state index contributed by atoms with van der Waals surface area (Å²) < 4.78 is 16.3. The number of benzene rings is 1. The first kappa shape index (κ1) is 21.1. The minimum Gasteiger partial charge on any atom is -0.479 e. The number of carboxylic acids is 1. The first-order valence-corrected chi connectivity index (χ1v) is 8.96. The molecule has 1 heterocycles. The van der Waals surface area contributed by atoms with Gasteiger partial charge in [0.15, 0.2) is 6.10 Å². The third kappa shape index (κ3) is 6.82. The fourth-order valence-corrected chi connectivity index (χ4v) is 2.71. The fourth-order valence-electron chi connectivity index (χ4n) is 2.71. The highest BCUT2D eigenvalue weighted by Gasteiger charge is 2.34. The topological polar surface area (TPSA) is 114 Å². The number of hydrogen-bond acceptors (Lipinski definition) is 7. The lowest BCUT2D eigenvalue weighted by atomic mass is 10.1. The number of ether oxygens (including phenoxy) is 3. The van der Waals surface area contributed by atoms with Crippen molar-refractivity contribution in [3.05, 3.63) is 29.3 Å². The van der Waals surface area contributed by atoms with Crippen LogP contribution in [0.3, 0.4) is 0 Å². The Morgan fingerprint density at radius 1 is 1.33 bits per heavy atom. The number of aliphatic carboxylic acids is 1. The highest BCUT2D eigenvalue weighted by atomic mass is 16.7. The van der Waals surface area contributed by atoms with E-state index in [1.807, 2.05) is 19.9 Å². The van der Waals surface area contributed by atoms with Crippen LogP contribution in [-0.4, -0.2) is 46.7 Å². The second kappa shape index (κ2) is 9.68. The molecule has 0 spiro atoms. The molecule has 0 aromatic heterocycles. The van der Waals surface area contributed by atoms with Gasteiger partial charge in [0.2, 0.25) is 6.29 Å². The number of esters is 1. The van der Waals surface area contributed by atoms with Gasteiger partial charge in [0, 0.05) is 37.9 Å². The molecule has 1 aliphatic heterocycles. The molecule has 27 heavy (non-hydrogen) atoms. The largest absolute Gasteiger partial charge is 0.479 e. The number of carboxylic acid groups (broad SMARTS) is 1. The number of aliphatic hydroxyl groups is 1. The van der Waals surface area contributed by atoms with Gasteiger partial charge in [-0.1, -0.05) is 19.9 Å². The number of nitrogens with one attached hydrogen (secondary N) is 1. The van der Waals surface area contributed by atoms with Gasteiger partial charge in [0.05, 0.1) is 6.10 Å². The lowest BCUT2D eigenvalue weighted by Gasteiger charge is -2.31. The third-order valence-corrected chi connectivity index (χ3v) is 4.07. The fraction of sp³-hybridized carbons (Fsp3) is 0.579. The van der Waals surface area contributed by atoms with Gasteiger partial charge >= 0.3 is 11.9 Å². The van der Waals surface area contributed by atoms with Crippen molar-refractivity contribution in [2.75, 3.05) is 0 Å². The summed E-state index contributed by atoms with van der Waals surface area (Å²) in [4.78, 5) is 22.2. The van der Waals surface area contributed by atoms with Crippen LogP contribution in [0.2, 0.25) is 0 Å². The van der Waals surface area contributed by atoms with Crippen molar-refractivity contribution in [3.63, 3.8) is 0 Å². The molecule has 0 bridgehead atoms. The van der Waals surface area contributed by atoms with Crippen molar-refractivity contribution in [3.8, 4) is 5.75 Å². The van der Waals surface area contributed by atoms with Gasteiger partial charge < -0.3 is 29.7 Å². The van der Waals surface area contributed by atoms with Crippen molar-refractivity contribution < 1.29 is 34.0 Å². The second-order valence-electron chi connectivity index (χ2n) is 6.89. The zero-order valence-corrected chi connectivity index (χ0v) is 15.8. The van der Waals surface area contributed by atoms with E-state index in [9.17, 15) is 14.7 Å². The Hall–Kier alpha value is -2.16. The van der Waals surface area contributed by atoms with E-state index in [2.05, 4.69) is 5.32 Å². The molecule has 150 valence electrons. The van der Waals surface area contributed by atoms with E-state index in [-0.39, 0.29) is 31.5 Å². The van der Waals surface area contributed by atoms with Crippen LogP contribution in [0.5, 0.6) is 5.75 Å².